The van der Waals surface area contributed by atoms with E-state index >= 15 is 0 Å². The van der Waals surface area contributed by atoms with Crippen LogP contribution in [0.3, 0.4) is 0 Å². The highest BCUT2D eigenvalue weighted by atomic mass is 16.6. The molecule has 1 fully saturated rings. The molecule has 9 heteroatoms. The van der Waals surface area contributed by atoms with Gasteiger partial charge in [-0.25, -0.2) is 14.6 Å². The Balaban J connectivity index is 1.62. The van der Waals surface area contributed by atoms with E-state index in [1.165, 1.54) is 4.90 Å². The molecule has 1 atom stereocenters. The van der Waals surface area contributed by atoms with E-state index in [0.717, 1.165) is 13.0 Å². The number of hydrogen-bond acceptors (Lipinski definition) is 8. The van der Waals surface area contributed by atoms with Gasteiger partial charge in [-0.2, -0.15) is 0 Å². The molecule has 25 heavy (non-hydrogen) atoms. The van der Waals surface area contributed by atoms with Gasteiger partial charge in [-0.05, 0) is 25.8 Å². The zero-order valence-corrected chi connectivity index (χ0v) is 14.4. The van der Waals surface area contributed by atoms with Gasteiger partial charge in [0.05, 0.1) is 25.1 Å². The van der Waals surface area contributed by atoms with Crippen LogP contribution in [-0.2, 0) is 11.2 Å². The van der Waals surface area contributed by atoms with Crippen LogP contribution < -0.4 is 4.90 Å². The Morgan fingerprint density at radius 3 is 2.84 bits per heavy atom. The Morgan fingerprint density at radius 1 is 1.40 bits per heavy atom. The summed E-state index contributed by atoms with van der Waals surface area (Å²) in [6.45, 7) is 3.15. The van der Waals surface area contributed by atoms with Gasteiger partial charge in [0.25, 0.3) is 0 Å². The average Bonchev–Trinajstić information content (AvgIpc) is 3.00. The largest absolute Gasteiger partial charge is 0.386 e. The van der Waals surface area contributed by atoms with Crippen molar-refractivity contribution in [2.45, 2.75) is 31.8 Å². The molecule has 2 aromatic rings. The maximum Gasteiger partial charge on any atom is 0.228 e. The van der Waals surface area contributed by atoms with E-state index in [4.69, 9.17) is 0 Å². The van der Waals surface area contributed by atoms with Crippen molar-refractivity contribution in [2.24, 2.45) is 0 Å². The van der Waals surface area contributed by atoms with Gasteiger partial charge in [0, 0.05) is 26.0 Å². The first-order valence-corrected chi connectivity index (χ1v) is 8.23. The molecule has 3 rings (SSSR count). The maximum absolute atomic E-state index is 12.4. The molecule has 2 aromatic heterocycles. The van der Waals surface area contributed by atoms with Crippen molar-refractivity contribution in [3.8, 4) is 0 Å². The molecule has 1 saturated heterocycles. The zero-order chi connectivity index (χ0) is 17.9. The second-order valence-electron chi connectivity index (χ2n) is 6.52. The number of β-amino-alcohol motifs (C(OH)–C–C–N with tert-alkyl or cyclic N) is 1. The van der Waals surface area contributed by atoms with Crippen molar-refractivity contribution in [3.63, 3.8) is 0 Å². The molecule has 1 aliphatic heterocycles. The number of anilines is 1. The van der Waals surface area contributed by atoms with Crippen LogP contribution in [0.1, 0.15) is 24.2 Å². The summed E-state index contributed by atoms with van der Waals surface area (Å²) in [7, 11) is 1.68. The molecule has 3 heterocycles. The number of carbonyl (C=O) groups is 1. The minimum atomic E-state index is -1.00. The lowest BCUT2D eigenvalue weighted by Crippen LogP contribution is -2.55. The molecule has 0 unspecified atom stereocenters. The Labute approximate surface area is 145 Å². The van der Waals surface area contributed by atoms with Gasteiger partial charge in [-0.15, -0.1) is 0 Å². The number of rotatable bonds is 5. The Kier molecular flexibility index (Phi) is 4.93. The molecule has 0 radical (unpaired) electrons. The van der Waals surface area contributed by atoms with Crippen molar-refractivity contribution in [1.82, 2.24) is 25.2 Å². The van der Waals surface area contributed by atoms with Gasteiger partial charge in [-0.3, -0.25) is 4.79 Å². The minimum absolute atomic E-state index is 0.105. The van der Waals surface area contributed by atoms with E-state index < -0.39 is 5.60 Å². The van der Waals surface area contributed by atoms with Gasteiger partial charge in [-0.1, -0.05) is 10.3 Å². The van der Waals surface area contributed by atoms with Gasteiger partial charge >= 0.3 is 0 Å². The van der Waals surface area contributed by atoms with Crippen molar-refractivity contribution >= 4 is 11.9 Å². The third-order valence-electron chi connectivity index (χ3n) is 4.41. The molecular weight excluding hydrogens is 324 g/mol. The average molecular weight is 346 g/mol. The standard InChI is InChI=1S/C16H22N6O3/c1-12-13(20-25-19-12)9-14(23)21(2)10-16(24)5-3-8-22(11-16)15-17-6-4-7-18-15/h4,6-7,24H,3,5,8-11H2,1-2H3/t16-/m0/s1. The van der Waals surface area contributed by atoms with E-state index in [1.807, 2.05) is 4.90 Å². The van der Waals surface area contributed by atoms with E-state index in [0.29, 0.717) is 30.3 Å². The van der Waals surface area contributed by atoms with Crippen molar-refractivity contribution < 1.29 is 14.5 Å². The Hall–Kier alpha value is -2.55. The number of hydrogen-bond donors (Lipinski definition) is 1. The van der Waals surface area contributed by atoms with Gasteiger partial charge in [0.2, 0.25) is 11.9 Å². The molecule has 0 aromatic carbocycles. The van der Waals surface area contributed by atoms with Crippen LogP contribution in [0.2, 0.25) is 0 Å². The molecule has 0 saturated carbocycles. The summed E-state index contributed by atoms with van der Waals surface area (Å²) in [5, 5.41) is 18.4. The number of likely N-dealkylation sites (N-methyl/N-ethyl adjacent to an activating group) is 1. The highest BCUT2D eigenvalue weighted by Crippen LogP contribution is 2.24. The second kappa shape index (κ2) is 7.14. The van der Waals surface area contributed by atoms with Crippen molar-refractivity contribution in [3.05, 3.63) is 29.8 Å². The lowest BCUT2D eigenvalue weighted by molar-refractivity contribution is -0.132. The normalized spacial score (nSPS) is 20.5. The lowest BCUT2D eigenvalue weighted by atomic mass is 9.92. The monoisotopic (exact) mass is 346 g/mol. The Bertz CT molecular complexity index is 722. The predicted molar refractivity (Wildman–Crippen MR) is 88.8 cm³/mol. The van der Waals surface area contributed by atoms with E-state index in [1.54, 1.807) is 32.4 Å². The topological polar surface area (TPSA) is 108 Å². The lowest BCUT2D eigenvalue weighted by Gasteiger charge is -2.41. The number of piperidine rings is 1. The van der Waals surface area contributed by atoms with Crippen molar-refractivity contribution in [1.29, 1.82) is 0 Å². The molecule has 0 bridgehead atoms. The molecule has 134 valence electrons. The second-order valence-corrected chi connectivity index (χ2v) is 6.52. The first kappa shape index (κ1) is 17.3. The molecule has 1 amide bonds. The summed E-state index contributed by atoms with van der Waals surface area (Å²) in [6, 6.07) is 1.76. The van der Waals surface area contributed by atoms with E-state index in [2.05, 4.69) is 24.9 Å². The zero-order valence-electron chi connectivity index (χ0n) is 14.4. The maximum atomic E-state index is 12.4. The highest BCUT2D eigenvalue weighted by Gasteiger charge is 2.36. The quantitative estimate of drug-likeness (QED) is 0.818. The van der Waals surface area contributed by atoms with Gasteiger partial charge < -0.3 is 14.9 Å². The number of carbonyl (C=O) groups excluding carboxylic acids is 1. The molecule has 0 spiro atoms. The Morgan fingerprint density at radius 2 is 2.16 bits per heavy atom. The molecule has 0 aliphatic carbocycles. The smallest absolute Gasteiger partial charge is 0.228 e. The van der Waals surface area contributed by atoms with E-state index in [9.17, 15) is 9.90 Å². The number of nitrogens with zero attached hydrogens (tertiary/aromatic N) is 6. The fraction of sp³-hybridized carbons (Fsp3) is 0.562. The third-order valence-corrected chi connectivity index (χ3v) is 4.41. The number of aromatic nitrogens is 4. The summed E-state index contributed by atoms with van der Waals surface area (Å²) in [5.74, 6) is 0.458. The first-order valence-electron chi connectivity index (χ1n) is 8.23. The van der Waals surface area contributed by atoms with Gasteiger partial charge in [0.15, 0.2) is 0 Å². The number of amides is 1. The molecule has 1 aliphatic rings. The van der Waals surface area contributed by atoms with Crippen molar-refractivity contribution in [2.75, 3.05) is 31.6 Å². The van der Waals surface area contributed by atoms with Crippen LogP contribution >= 0.6 is 0 Å². The summed E-state index contributed by atoms with van der Waals surface area (Å²) in [5.41, 5.74) is 0.122. The summed E-state index contributed by atoms with van der Waals surface area (Å²) < 4.78 is 4.62. The van der Waals surface area contributed by atoms with Crippen LogP contribution in [0, 0.1) is 6.92 Å². The predicted octanol–water partition coefficient (Wildman–Crippen LogP) is 0.200. The first-order chi connectivity index (χ1) is 12.0. The fourth-order valence-electron chi connectivity index (χ4n) is 3.08. The van der Waals surface area contributed by atoms with Crippen LogP contribution in [0.5, 0.6) is 0 Å². The van der Waals surface area contributed by atoms with Crippen LogP contribution in [0.4, 0.5) is 5.95 Å². The summed E-state index contributed by atoms with van der Waals surface area (Å²) >= 11 is 0. The molecule has 1 N–H and O–H groups in total. The summed E-state index contributed by atoms with van der Waals surface area (Å²) in [4.78, 5) is 24.4. The van der Waals surface area contributed by atoms with Crippen LogP contribution in [0.15, 0.2) is 23.1 Å². The van der Waals surface area contributed by atoms with E-state index in [-0.39, 0.29) is 18.9 Å². The highest BCUT2D eigenvalue weighted by molar-refractivity contribution is 5.78. The summed E-state index contributed by atoms with van der Waals surface area (Å²) in [6.07, 6.45) is 4.90. The SMILES string of the molecule is Cc1nonc1CC(=O)N(C)C[C@@]1(O)CCCN(c2ncccn2)C1. The number of aliphatic hydroxyl groups is 1. The molecular formula is C16H22N6O3. The van der Waals surface area contributed by atoms with Crippen LogP contribution in [0.25, 0.3) is 0 Å². The minimum Gasteiger partial charge on any atom is -0.386 e. The molecule has 9 nitrogen and oxygen atoms in total. The van der Waals surface area contributed by atoms with Gasteiger partial charge in [0.1, 0.15) is 11.4 Å². The van der Waals surface area contributed by atoms with Crippen LogP contribution in [-0.4, -0.2) is 68.5 Å². The fourth-order valence-corrected chi connectivity index (χ4v) is 3.08. The third kappa shape index (κ3) is 4.11. The number of aryl methyl sites for hydroxylation is 1.